The summed E-state index contributed by atoms with van der Waals surface area (Å²) in [4.78, 5) is 32.4. The molecule has 18 heteroatoms. The number of benzene rings is 9. The Labute approximate surface area is 429 Å². The molecule has 0 fully saturated rings. The quantitative estimate of drug-likeness (QED) is 0.0796. The zero-order valence-electron chi connectivity index (χ0n) is 38.2. The van der Waals surface area contributed by atoms with Crippen LogP contribution in [0.15, 0.2) is 229 Å². The predicted molar refractivity (Wildman–Crippen MR) is 288 cm³/mol. The summed E-state index contributed by atoms with van der Waals surface area (Å²) in [6.45, 7) is 0.590. The highest BCUT2D eigenvalue weighted by molar-refractivity contribution is 14.1. The van der Waals surface area contributed by atoms with Gasteiger partial charge in [0.05, 0.1) is 66.1 Å². The summed E-state index contributed by atoms with van der Waals surface area (Å²) in [6.07, 6.45) is 0. The molecule has 12 rings (SSSR count). The van der Waals surface area contributed by atoms with E-state index in [9.17, 15) is 30.3 Å². The number of nitro groups is 3. The third kappa shape index (κ3) is 11.2. The van der Waals surface area contributed by atoms with Gasteiger partial charge in [-0.25, -0.2) is 9.36 Å². The van der Waals surface area contributed by atoms with Crippen molar-refractivity contribution < 1.29 is 14.8 Å². The molecule has 0 radical (unpaired) electrons. The van der Waals surface area contributed by atoms with Gasteiger partial charge in [-0.2, -0.15) is 10.2 Å². The predicted octanol–water partition coefficient (Wildman–Crippen LogP) is 14.1. The van der Waals surface area contributed by atoms with Gasteiger partial charge in [-0.1, -0.05) is 126 Å². The average molecular weight is 1080 g/mol. The van der Waals surface area contributed by atoms with Gasteiger partial charge >= 0.3 is 0 Å². The van der Waals surface area contributed by atoms with Crippen LogP contribution in [0.5, 0.6) is 0 Å². The molecule has 356 valence electrons. The summed E-state index contributed by atoms with van der Waals surface area (Å²) in [7, 11) is 0. The fraction of sp³-hybridized carbons (Fsp3) is 0.0182. The number of hydrogen-bond acceptors (Lipinski definition) is 12. The lowest BCUT2D eigenvalue weighted by molar-refractivity contribution is -0.384. The lowest BCUT2D eigenvalue weighted by Gasteiger charge is -2.05. The first-order chi connectivity index (χ1) is 35.6. The highest BCUT2D eigenvalue weighted by Crippen LogP contribution is 2.36. The van der Waals surface area contributed by atoms with Crippen LogP contribution in [0.3, 0.4) is 0 Å². The summed E-state index contributed by atoms with van der Waals surface area (Å²) in [6, 6.07) is 66.4. The largest absolute Gasteiger partial charge is 0.277 e. The van der Waals surface area contributed by atoms with Crippen molar-refractivity contribution in [3.05, 3.63) is 258 Å². The first kappa shape index (κ1) is 48.3. The van der Waals surface area contributed by atoms with Gasteiger partial charge in [-0.15, -0.1) is 10.2 Å². The van der Waals surface area contributed by atoms with Gasteiger partial charge in [-0.3, -0.25) is 30.3 Å². The maximum Gasteiger partial charge on any atom is 0.277 e. The Morgan fingerprint density at radius 1 is 0.425 bits per heavy atom. The van der Waals surface area contributed by atoms with Crippen molar-refractivity contribution in [3.63, 3.8) is 0 Å². The Morgan fingerprint density at radius 2 is 0.849 bits per heavy atom. The van der Waals surface area contributed by atoms with Crippen molar-refractivity contribution in [2.45, 2.75) is 6.54 Å². The second-order valence-corrected chi connectivity index (χ2v) is 17.2. The smallest absolute Gasteiger partial charge is 0.258 e. The highest BCUT2D eigenvalue weighted by atomic mass is 127. The lowest BCUT2D eigenvalue weighted by atomic mass is 10.0. The van der Waals surface area contributed by atoms with E-state index >= 15 is 0 Å². The monoisotopic (exact) mass is 1080 g/mol. The topological polar surface area (TPSA) is 216 Å². The molecule has 0 atom stereocenters. The molecule has 0 unspecified atom stereocenters. The van der Waals surface area contributed by atoms with E-state index in [1.807, 2.05) is 133 Å². The number of azo groups is 1. The molecule has 17 nitrogen and oxygen atoms in total. The third-order valence-corrected chi connectivity index (χ3v) is 12.1. The van der Waals surface area contributed by atoms with Crippen LogP contribution in [0.25, 0.3) is 66.8 Å². The molecule has 11 aromatic rings. The van der Waals surface area contributed by atoms with E-state index in [1.165, 1.54) is 21.8 Å². The number of halogens is 1. The minimum Gasteiger partial charge on any atom is -0.258 e. The van der Waals surface area contributed by atoms with Crippen LogP contribution in [0.2, 0.25) is 0 Å². The molecule has 1 aliphatic rings. The molecular weight excluding hydrogens is 1040 g/mol. The van der Waals surface area contributed by atoms with Crippen molar-refractivity contribution in [2.24, 2.45) is 10.2 Å². The first-order valence-corrected chi connectivity index (χ1v) is 23.4. The second kappa shape index (κ2) is 22.4. The summed E-state index contributed by atoms with van der Waals surface area (Å²) >= 11 is 2.28. The van der Waals surface area contributed by atoms with Crippen LogP contribution in [-0.2, 0) is 6.54 Å². The van der Waals surface area contributed by atoms with Gasteiger partial charge in [0.2, 0.25) is 0 Å². The fourth-order valence-corrected chi connectivity index (χ4v) is 8.30. The zero-order valence-corrected chi connectivity index (χ0v) is 40.4. The van der Waals surface area contributed by atoms with Crippen LogP contribution in [0.4, 0.5) is 22.7 Å². The number of para-hydroxylation sites is 5. The molecule has 1 aliphatic heterocycles. The maximum atomic E-state index is 11.3. The summed E-state index contributed by atoms with van der Waals surface area (Å²) in [5.74, 6) is 0. The minimum absolute atomic E-state index is 0.0762. The van der Waals surface area contributed by atoms with E-state index in [4.69, 9.17) is 0 Å². The number of nitro benzene ring substituents is 3. The summed E-state index contributed by atoms with van der Waals surface area (Å²) in [5.41, 5.74) is 11.0. The minimum atomic E-state index is -0.375. The number of fused-ring (bicyclic) bond motifs is 3. The van der Waals surface area contributed by atoms with E-state index in [1.54, 1.807) is 64.0 Å². The third-order valence-electron chi connectivity index (χ3n) is 11.4. The number of nitrogens with zero attached hydrogens (tertiary/aromatic N) is 11. The van der Waals surface area contributed by atoms with E-state index in [0.29, 0.717) is 28.8 Å². The molecule has 0 N–H and O–H groups in total. The van der Waals surface area contributed by atoms with Gasteiger partial charge in [0.15, 0.2) is 0 Å². The summed E-state index contributed by atoms with van der Waals surface area (Å²) < 4.78 is 4.77. The Bertz CT molecular complexity index is 3800. The van der Waals surface area contributed by atoms with E-state index in [2.05, 4.69) is 65.6 Å². The SMILES string of the molecule is Ic1ccccc1.O=[N+]([O-])c1ccccc1-c1ccc2c(c1)N=NC2.O=[N+]([O-])c1ccccc1-c1ccc2c(c1)nnn2-c1ccccc1.O=[N+]([O-])c1ccccc1-c1ccc2nnn(-c3ccccc3)c2c1. The Balaban J connectivity index is 0.000000127. The molecule has 0 aliphatic carbocycles. The van der Waals surface area contributed by atoms with Crippen LogP contribution >= 0.6 is 22.6 Å². The molecule has 0 bridgehead atoms. The lowest BCUT2D eigenvalue weighted by Crippen LogP contribution is -1.96. The molecule has 3 heterocycles. The van der Waals surface area contributed by atoms with E-state index < -0.39 is 0 Å². The van der Waals surface area contributed by atoms with E-state index in [-0.39, 0.29) is 31.8 Å². The molecular formula is C55H38IN11O6. The number of rotatable bonds is 8. The molecule has 0 spiro atoms. The second-order valence-electron chi connectivity index (χ2n) is 15.9. The molecule has 2 aromatic heterocycles. The van der Waals surface area contributed by atoms with Gasteiger partial charge in [0.1, 0.15) is 11.0 Å². The Morgan fingerprint density at radius 3 is 1.36 bits per heavy atom. The van der Waals surface area contributed by atoms with Gasteiger partial charge in [0, 0.05) is 27.3 Å². The standard InChI is InChI=1S/2C18H12N4O2.C13H9N3O2.C6H5I/c23-22(24)17-9-5-4-8-15(17)13-10-11-18-16(12-13)19-20-21(18)14-6-2-1-3-7-14;23-22(24)17-9-5-4-8-15(17)13-10-11-16-18(12-13)21(20-19-16)14-6-2-1-3-7-14;17-16(18)13-4-2-1-3-11(13)9-5-6-10-8-14-15-12(10)7-9;7-6-4-2-1-3-5-6/h2*1-12H;1-7H,8H2;1-5H. The highest BCUT2D eigenvalue weighted by Gasteiger charge is 2.19. The van der Waals surface area contributed by atoms with Crippen molar-refractivity contribution in [1.29, 1.82) is 0 Å². The fourth-order valence-electron chi connectivity index (χ4n) is 7.89. The van der Waals surface area contributed by atoms with Crippen molar-refractivity contribution in [1.82, 2.24) is 30.0 Å². The van der Waals surface area contributed by atoms with Gasteiger partial charge in [0.25, 0.3) is 17.1 Å². The van der Waals surface area contributed by atoms with E-state index in [0.717, 1.165) is 55.9 Å². The van der Waals surface area contributed by atoms with Crippen LogP contribution in [0.1, 0.15) is 5.56 Å². The molecule has 0 amide bonds. The number of hydrogen-bond donors (Lipinski definition) is 0. The summed E-state index contributed by atoms with van der Waals surface area (Å²) in [5, 5.41) is 58.2. The first-order valence-electron chi connectivity index (χ1n) is 22.4. The zero-order chi connectivity index (χ0) is 50.7. The van der Waals surface area contributed by atoms with Crippen LogP contribution in [-0.4, -0.2) is 44.8 Å². The molecule has 0 saturated heterocycles. The Kier molecular flexibility index (Phi) is 14.8. The van der Waals surface area contributed by atoms with Crippen molar-refractivity contribution in [2.75, 3.05) is 0 Å². The number of aromatic nitrogens is 6. The molecule has 73 heavy (non-hydrogen) atoms. The van der Waals surface area contributed by atoms with Crippen LogP contribution in [0, 0.1) is 33.9 Å². The van der Waals surface area contributed by atoms with Crippen molar-refractivity contribution >= 4 is 67.4 Å². The molecule has 9 aromatic carbocycles. The maximum absolute atomic E-state index is 11.3. The normalized spacial score (nSPS) is 11.0. The molecule has 0 saturated carbocycles. The van der Waals surface area contributed by atoms with Crippen LogP contribution < -0.4 is 0 Å². The van der Waals surface area contributed by atoms with Gasteiger partial charge < -0.3 is 0 Å². The van der Waals surface area contributed by atoms with Crippen molar-refractivity contribution in [3.8, 4) is 44.8 Å². The average Bonchev–Trinajstić information content (AvgIpc) is 4.21. The van der Waals surface area contributed by atoms with Gasteiger partial charge in [-0.05, 0) is 124 Å². The Hall–Kier alpha value is -9.69.